The van der Waals surface area contributed by atoms with Crippen LogP contribution in [0.3, 0.4) is 0 Å². The molecule has 1 aromatic rings. The monoisotopic (exact) mass is 573 g/mol. The number of alkyl carbamates (subject to hydrolysis) is 1. The number of rotatable bonds is 1. The van der Waals surface area contributed by atoms with Crippen LogP contribution in [0.2, 0.25) is 0 Å². The summed E-state index contributed by atoms with van der Waals surface area (Å²) in [7, 11) is 0. The molecule has 0 saturated carbocycles. The number of carboxylic acids is 1. The quantitative estimate of drug-likeness (QED) is 0.484. The van der Waals surface area contributed by atoms with Crippen LogP contribution in [-0.4, -0.2) is 89.1 Å². The van der Waals surface area contributed by atoms with Gasteiger partial charge in [0.1, 0.15) is 37.2 Å². The van der Waals surface area contributed by atoms with Gasteiger partial charge in [-0.05, 0) is 37.0 Å². The second-order valence-corrected chi connectivity index (χ2v) is 12.2. The van der Waals surface area contributed by atoms with E-state index in [2.05, 4.69) is 5.32 Å². The van der Waals surface area contributed by atoms with Crippen molar-refractivity contribution in [2.75, 3.05) is 26.4 Å². The molecule has 0 aromatic heterocycles. The highest BCUT2D eigenvalue weighted by Crippen LogP contribution is 2.33. The van der Waals surface area contributed by atoms with E-state index in [4.69, 9.17) is 18.9 Å². The topological polar surface area (TPSA) is 144 Å². The molecular weight excluding hydrogens is 534 g/mol. The molecule has 1 aromatic carbocycles. The Kier molecular flexibility index (Phi) is 8.81. The van der Waals surface area contributed by atoms with Gasteiger partial charge in [-0.3, -0.25) is 9.69 Å². The van der Waals surface area contributed by atoms with Crippen LogP contribution in [0.25, 0.3) is 0 Å². The average molecular weight is 574 g/mol. The molecule has 12 nitrogen and oxygen atoms in total. The Morgan fingerprint density at radius 2 is 1.80 bits per heavy atom. The maximum atomic E-state index is 13.7. The van der Waals surface area contributed by atoms with Crippen molar-refractivity contribution in [1.29, 1.82) is 0 Å². The Labute approximate surface area is 239 Å². The summed E-state index contributed by atoms with van der Waals surface area (Å²) < 4.78 is 22.9. The fraction of sp³-hybridized carbons (Fsp3) is 0.586. The second kappa shape index (κ2) is 12.0. The highest BCUT2D eigenvalue weighted by atomic mass is 16.6. The van der Waals surface area contributed by atoms with Crippen molar-refractivity contribution in [2.24, 2.45) is 5.41 Å². The molecule has 3 aliphatic rings. The molecule has 0 spiro atoms. The molecule has 4 bridgehead atoms. The third-order valence-corrected chi connectivity index (χ3v) is 7.29. The zero-order valence-corrected chi connectivity index (χ0v) is 24.2. The standard InChI is InChI=1S/C29H39N3O9/c1-28(2,3)23-24(33)32-15-19(13-21(32)25(34)35)41-27(37)31-14-18-9-8-10-22(20(18)16-31)38-11-6-7-12-40-29(4,5)17-39-26(36)30-23/h6-10,19,21,23H,11-17H2,1-5H3,(H,30,36)(H,34,35)/b7-6+/t19-,21?,23-/m1/s1. The maximum absolute atomic E-state index is 13.7. The van der Waals surface area contributed by atoms with Gasteiger partial charge >= 0.3 is 18.2 Å². The molecule has 2 N–H and O–H groups in total. The van der Waals surface area contributed by atoms with E-state index in [1.807, 2.05) is 24.3 Å². The Morgan fingerprint density at radius 3 is 2.51 bits per heavy atom. The first kappa shape index (κ1) is 30.2. The predicted molar refractivity (Wildman–Crippen MR) is 146 cm³/mol. The first-order valence-corrected chi connectivity index (χ1v) is 13.7. The van der Waals surface area contributed by atoms with Gasteiger partial charge in [0.25, 0.3) is 0 Å². The van der Waals surface area contributed by atoms with Crippen molar-refractivity contribution in [1.82, 2.24) is 15.1 Å². The summed E-state index contributed by atoms with van der Waals surface area (Å²) in [6.07, 6.45) is 1.29. The van der Waals surface area contributed by atoms with E-state index >= 15 is 0 Å². The van der Waals surface area contributed by atoms with Crippen molar-refractivity contribution >= 4 is 24.1 Å². The summed E-state index contributed by atoms with van der Waals surface area (Å²) >= 11 is 0. The van der Waals surface area contributed by atoms with Gasteiger partial charge in [0.15, 0.2) is 0 Å². The van der Waals surface area contributed by atoms with Gasteiger partial charge in [-0.15, -0.1) is 0 Å². The van der Waals surface area contributed by atoms with Crippen LogP contribution in [0.4, 0.5) is 9.59 Å². The number of carbonyl (C=O) groups excluding carboxylic acids is 3. The molecule has 0 aliphatic carbocycles. The largest absolute Gasteiger partial charge is 0.489 e. The van der Waals surface area contributed by atoms with Gasteiger partial charge < -0.3 is 34.3 Å². The number of hydrogen-bond donors (Lipinski definition) is 2. The highest BCUT2D eigenvalue weighted by Gasteiger charge is 2.47. The van der Waals surface area contributed by atoms with Crippen molar-refractivity contribution in [3.05, 3.63) is 41.5 Å². The molecule has 1 saturated heterocycles. The molecule has 3 aliphatic heterocycles. The summed E-state index contributed by atoms with van der Waals surface area (Å²) in [6, 6.07) is 3.30. The van der Waals surface area contributed by atoms with Crippen molar-refractivity contribution in [3.63, 3.8) is 0 Å². The van der Waals surface area contributed by atoms with Crippen LogP contribution in [0.15, 0.2) is 30.4 Å². The van der Waals surface area contributed by atoms with E-state index < -0.39 is 53.3 Å². The Morgan fingerprint density at radius 1 is 1.07 bits per heavy atom. The van der Waals surface area contributed by atoms with E-state index in [9.17, 15) is 24.3 Å². The summed E-state index contributed by atoms with van der Waals surface area (Å²) in [5.74, 6) is -1.17. The molecule has 41 heavy (non-hydrogen) atoms. The molecule has 224 valence electrons. The number of carbonyl (C=O) groups is 4. The number of aliphatic carboxylic acids is 1. The number of hydrogen-bond acceptors (Lipinski definition) is 8. The Bertz CT molecular complexity index is 1210. The van der Waals surface area contributed by atoms with Crippen LogP contribution in [0, 0.1) is 5.41 Å². The number of nitrogens with zero attached hydrogens (tertiary/aromatic N) is 2. The zero-order valence-electron chi connectivity index (χ0n) is 24.2. The normalized spacial score (nSPS) is 26.6. The minimum Gasteiger partial charge on any atom is -0.489 e. The van der Waals surface area contributed by atoms with Crippen molar-refractivity contribution in [2.45, 2.75) is 77.9 Å². The molecule has 3 atom stereocenters. The lowest BCUT2D eigenvalue weighted by Gasteiger charge is -2.34. The predicted octanol–water partition coefficient (Wildman–Crippen LogP) is 3.08. The number of amides is 3. The van der Waals surface area contributed by atoms with Crippen LogP contribution in [0.5, 0.6) is 5.75 Å². The van der Waals surface area contributed by atoms with Crippen LogP contribution >= 0.6 is 0 Å². The van der Waals surface area contributed by atoms with Gasteiger partial charge in [0.2, 0.25) is 5.91 Å². The van der Waals surface area contributed by atoms with Crippen LogP contribution in [-0.2, 0) is 36.9 Å². The number of cyclic esters (lactones) is 1. The third kappa shape index (κ3) is 7.29. The minimum absolute atomic E-state index is 0.0683. The first-order valence-electron chi connectivity index (χ1n) is 13.7. The molecule has 12 heteroatoms. The maximum Gasteiger partial charge on any atom is 0.410 e. The molecule has 0 radical (unpaired) electrons. The summed E-state index contributed by atoms with van der Waals surface area (Å²) in [5.41, 5.74) is 0.220. The van der Waals surface area contributed by atoms with Gasteiger partial charge in [0, 0.05) is 18.5 Å². The second-order valence-electron chi connectivity index (χ2n) is 12.2. The molecule has 3 amide bonds. The Balaban J connectivity index is 1.59. The van der Waals surface area contributed by atoms with Crippen molar-refractivity contribution < 1.29 is 43.2 Å². The van der Waals surface area contributed by atoms with Crippen LogP contribution < -0.4 is 10.1 Å². The van der Waals surface area contributed by atoms with Crippen molar-refractivity contribution in [3.8, 4) is 5.75 Å². The molecule has 1 fully saturated rings. The fourth-order valence-corrected chi connectivity index (χ4v) is 5.04. The summed E-state index contributed by atoms with van der Waals surface area (Å²) in [5, 5.41) is 12.5. The summed E-state index contributed by atoms with van der Waals surface area (Å²) in [4.78, 5) is 54.4. The average Bonchev–Trinajstić information content (AvgIpc) is 3.52. The summed E-state index contributed by atoms with van der Waals surface area (Å²) in [6.45, 7) is 9.76. The fourth-order valence-electron chi connectivity index (χ4n) is 5.04. The number of nitrogens with one attached hydrogen (secondary N) is 1. The number of carboxylic acid groups (broad SMARTS) is 1. The molecule has 1 unspecified atom stereocenters. The first-order chi connectivity index (χ1) is 19.2. The van der Waals surface area contributed by atoms with Gasteiger partial charge in [-0.25, -0.2) is 14.4 Å². The van der Waals surface area contributed by atoms with Crippen LogP contribution in [0.1, 0.15) is 52.2 Å². The van der Waals surface area contributed by atoms with Gasteiger partial charge in [-0.1, -0.05) is 39.0 Å². The molecule has 3 heterocycles. The minimum atomic E-state index is -1.22. The van der Waals surface area contributed by atoms with E-state index in [1.54, 1.807) is 40.7 Å². The smallest absolute Gasteiger partial charge is 0.410 e. The lowest BCUT2D eigenvalue weighted by Crippen LogP contribution is -2.57. The SMILES string of the molecule is CC1(C)COC(=O)N[C@@H](C(C)(C)C)C(=O)N2C[C@@H](CC2C(=O)O)OC(=O)N2Cc3cccc(c3C2)OC/C=C/CO1. The van der Waals surface area contributed by atoms with Gasteiger partial charge in [-0.2, -0.15) is 0 Å². The number of benzene rings is 1. The van der Waals surface area contributed by atoms with E-state index in [1.165, 1.54) is 4.90 Å². The lowest BCUT2D eigenvalue weighted by molar-refractivity contribution is -0.150. The van der Waals surface area contributed by atoms with E-state index in [0.29, 0.717) is 18.9 Å². The molecular formula is C29H39N3O9. The van der Waals surface area contributed by atoms with Gasteiger partial charge in [0.05, 0.1) is 25.3 Å². The van der Waals surface area contributed by atoms with E-state index in [-0.39, 0.29) is 32.7 Å². The highest BCUT2D eigenvalue weighted by molar-refractivity contribution is 5.90. The lowest BCUT2D eigenvalue weighted by atomic mass is 9.85. The zero-order chi connectivity index (χ0) is 29.9. The number of ether oxygens (including phenoxy) is 4. The van der Waals surface area contributed by atoms with E-state index in [0.717, 1.165) is 16.0 Å². The Hall–Kier alpha value is -3.80. The number of fused-ring (bicyclic) bond motifs is 3. The third-order valence-electron chi connectivity index (χ3n) is 7.29. The molecule has 4 rings (SSSR count).